The van der Waals surface area contributed by atoms with Gasteiger partial charge in [-0.15, -0.1) is 0 Å². The summed E-state index contributed by atoms with van der Waals surface area (Å²) in [6.45, 7) is 5.47. The Kier molecular flexibility index (Phi) is 4.38. The molecule has 3 heteroatoms. The Morgan fingerprint density at radius 1 is 1.56 bits per heavy atom. The minimum atomic E-state index is 0.726. The van der Waals surface area contributed by atoms with Crippen molar-refractivity contribution >= 4 is 11.3 Å². The first-order valence-corrected chi connectivity index (χ1v) is 7.19. The van der Waals surface area contributed by atoms with Gasteiger partial charge in [0.2, 0.25) is 0 Å². The van der Waals surface area contributed by atoms with Gasteiger partial charge in [0.05, 0.1) is 0 Å². The van der Waals surface area contributed by atoms with Crippen LogP contribution in [0.2, 0.25) is 0 Å². The summed E-state index contributed by atoms with van der Waals surface area (Å²) in [7, 11) is 0. The monoisotopic (exact) mass is 238 g/mol. The lowest BCUT2D eigenvalue weighted by atomic mass is 10.1. The lowest BCUT2D eigenvalue weighted by molar-refractivity contribution is 0.216. The SMILES string of the molecule is CC(CCN)CN(Cc1ccsc1)C1CC1. The van der Waals surface area contributed by atoms with E-state index < -0.39 is 0 Å². The fourth-order valence-electron chi connectivity index (χ4n) is 2.18. The third-order valence-corrected chi connectivity index (χ3v) is 3.97. The molecule has 0 bridgehead atoms. The van der Waals surface area contributed by atoms with E-state index in [4.69, 9.17) is 5.73 Å². The van der Waals surface area contributed by atoms with Gasteiger partial charge in [-0.1, -0.05) is 6.92 Å². The zero-order chi connectivity index (χ0) is 11.4. The van der Waals surface area contributed by atoms with Crippen molar-refractivity contribution in [1.82, 2.24) is 4.90 Å². The second kappa shape index (κ2) is 5.80. The second-order valence-electron chi connectivity index (χ2n) is 4.97. The molecule has 1 fully saturated rings. The minimum Gasteiger partial charge on any atom is -0.330 e. The molecule has 1 unspecified atom stereocenters. The quantitative estimate of drug-likeness (QED) is 0.791. The molecule has 0 aliphatic heterocycles. The highest BCUT2D eigenvalue weighted by atomic mass is 32.1. The molecule has 90 valence electrons. The smallest absolute Gasteiger partial charge is 0.0245 e. The van der Waals surface area contributed by atoms with E-state index in [1.807, 2.05) is 0 Å². The van der Waals surface area contributed by atoms with Gasteiger partial charge in [0.25, 0.3) is 0 Å². The average Bonchev–Trinajstić information content (AvgIpc) is 2.98. The van der Waals surface area contributed by atoms with Crippen LogP contribution in [-0.4, -0.2) is 24.0 Å². The maximum atomic E-state index is 5.62. The molecule has 0 aromatic carbocycles. The van der Waals surface area contributed by atoms with Gasteiger partial charge in [-0.25, -0.2) is 0 Å². The van der Waals surface area contributed by atoms with Crippen molar-refractivity contribution in [3.8, 4) is 0 Å². The van der Waals surface area contributed by atoms with Gasteiger partial charge in [0.1, 0.15) is 0 Å². The van der Waals surface area contributed by atoms with Gasteiger partial charge in [-0.3, -0.25) is 4.90 Å². The molecule has 1 aromatic heterocycles. The number of hydrogen-bond acceptors (Lipinski definition) is 3. The van der Waals surface area contributed by atoms with Crippen LogP contribution in [0.4, 0.5) is 0 Å². The molecule has 1 atom stereocenters. The highest BCUT2D eigenvalue weighted by molar-refractivity contribution is 7.07. The van der Waals surface area contributed by atoms with Crippen LogP contribution < -0.4 is 5.73 Å². The summed E-state index contributed by atoms with van der Waals surface area (Å²) in [4.78, 5) is 2.64. The summed E-state index contributed by atoms with van der Waals surface area (Å²) < 4.78 is 0. The molecule has 1 saturated carbocycles. The Bertz CT molecular complexity index is 293. The summed E-state index contributed by atoms with van der Waals surface area (Å²) >= 11 is 1.80. The van der Waals surface area contributed by atoms with E-state index in [1.165, 1.54) is 24.9 Å². The highest BCUT2D eigenvalue weighted by Gasteiger charge is 2.29. The second-order valence-corrected chi connectivity index (χ2v) is 5.75. The lowest BCUT2D eigenvalue weighted by Gasteiger charge is -2.25. The first kappa shape index (κ1) is 12.1. The molecule has 0 radical (unpaired) electrons. The summed E-state index contributed by atoms with van der Waals surface area (Å²) in [5.41, 5.74) is 7.09. The molecule has 1 heterocycles. The third kappa shape index (κ3) is 3.58. The first-order chi connectivity index (χ1) is 7.79. The molecule has 2 rings (SSSR count). The van der Waals surface area contributed by atoms with Gasteiger partial charge in [0, 0.05) is 19.1 Å². The van der Waals surface area contributed by atoms with Crippen LogP contribution in [0.3, 0.4) is 0 Å². The fraction of sp³-hybridized carbons (Fsp3) is 0.692. The highest BCUT2D eigenvalue weighted by Crippen LogP contribution is 2.29. The predicted octanol–water partition coefficient (Wildman–Crippen LogP) is 2.70. The van der Waals surface area contributed by atoms with Crippen molar-refractivity contribution < 1.29 is 0 Å². The lowest BCUT2D eigenvalue weighted by Crippen LogP contribution is -2.30. The largest absolute Gasteiger partial charge is 0.330 e. The maximum Gasteiger partial charge on any atom is 0.0245 e. The van der Waals surface area contributed by atoms with Crippen LogP contribution in [-0.2, 0) is 6.54 Å². The van der Waals surface area contributed by atoms with Crippen LogP contribution >= 0.6 is 11.3 Å². The Balaban J connectivity index is 1.85. The van der Waals surface area contributed by atoms with Crippen LogP contribution in [0.15, 0.2) is 16.8 Å². The Morgan fingerprint density at radius 3 is 2.94 bits per heavy atom. The molecule has 2 nitrogen and oxygen atoms in total. The molecular formula is C13H22N2S. The molecule has 0 amide bonds. The molecule has 1 aliphatic rings. The van der Waals surface area contributed by atoms with Crippen LogP contribution in [0.1, 0.15) is 31.7 Å². The number of rotatable bonds is 7. The summed E-state index contributed by atoms with van der Waals surface area (Å²) in [5.74, 6) is 0.726. The van der Waals surface area contributed by atoms with E-state index in [0.29, 0.717) is 0 Å². The van der Waals surface area contributed by atoms with E-state index in [9.17, 15) is 0 Å². The third-order valence-electron chi connectivity index (χ3n) is 3.23. The van der Waals surface area contributed by atoms with Crippen molar-refractivity contribution in [3.05, 3.63) is 22.4 Å². The van der Waals surface area contributed by atoms with Crippen LogP contribution in [0.5, 0.6) is 0 Å². The number of nitrogens with zero attached hydrogens (tertiary/aromatic N) is 1. The molecule has 0 saturated heterocycles. The average molecular weight is 238 g/mol. The van der Waals surface area contributed by atoms with Crippen molar-refractivity contribution in [2.45, 2.75) is 38.8 Å². The van der Waals surface area contributed by atoms with Crippen LogP contribution in [0, 0.1) is 5.92 Å². The normalized spacial score (nSPS) is 17.9. The van der Waals surface area contributed by atoms with Crippen molar-refractivity contribution in [2.75, 3.05) is 13.1 Å². The van der Waals surface area contributed by atoms with E-state index >= 15 is 0 Å². The predicted molar refractivity (Wildman–Crippen MR) is 70.6 cm³/mol. The van der Waals surface area contributed by atoms with Crippen LogP contribution in [0.25, 0.3) is 0 Å². The van der Waals surface area contributed by atoms with E-state index in [-0.39, 0.29) is 0 Å². The van der Waals surface area contributed by atoms with E-state index in [1.54, 1.807) is 11.3 Å². The maximum absolute atomic E-state index is 5.62. The zero-order valence-corrected chi connectivity index (χ0v) is 10.9. The molecule has 1 aromatic rings. The van der Waals surface area contributed by atoms with Crippen molar-refractivity contribution in [3.63, 3.8) is 0 Å². The van der Waals surface area contributed by atoms with E-state index in [2.05, 4.69) is 28.7 Å². The standard InChI is InChI=1S/C13H22N2S/c1-11(4-6-14)8-15(13-2-3-13)9-12-5-7-16-10-12/h5,7,10-11,13H,2-4,6,8-9,14H2,1H3. The topological polar surface area (TPSA) is 29.3 Å². The fourth-order valence-corrected chi connectivity index (χ4v) is 2.84. The van der Waals surface area contributed by atoms with Gasteiger partial charge >= 0.3 is 0 Å². The number of hydrogen-bond donors (Lipinski definition) is 1. The Hall–Kier alpha value is -0.380. The molecule has 2 N–H and O–H groups in total. The van der Waals surface area contributed by atoms with Gasteiger partial charge in [-0.2, -0.15) is 11.3 Å². The summed E-state index contributed by atoms with van der Waals surface area (Å²) in [5, 5.41) is 4.44. The van der Waals surface area contributed by atoms with Crippen molar-refractivity contribution in [2.24, 2.45) is 11.7 Å². The van der Waals surface area contributed by atoms with Gasteiger partial charge in [0.15, 0.2) is 0 Å². The minimum absolute atomic E-state index is 0.726. The number of thiophene rings is 1. The Labute approximate surface area is 102 Å². The Morgan fingerprint density at radius 2 is 2.38 bits per heavy atom. The molecular weight excluding hydrogens is 216 g/mol. The zero-order valence-electron chi connectivity index (χ0n) is 10.1. The van der Waals surface area contributed by atoms with E-state index in [0.717, 1.165) is 31.5 Å². The molecule has 16 heavy (non-hydrogen) atoms. The molecule has 1 aliphatic carbocycles. The molecule has 0 spiro atoms. The first-order valence-electron chi connectivity index (χ1n) is 6.24. The van der Waals surface area contributed by atoms with Gasteiger partial charge in [-0.05, 0) is 54.1 Å². The summed E-state index contributed by atoms with van der Waals surface area (Å²) in [6.07, 6.45) is 3.92. The van der Waals surface area contributed by atoms with Crippen molar-refractivity contribution in [1.29, 1.82) is 0 Å². The summed E-state index contributed by atoms with van der Waals surface area (Å²) in [6, 6.07) is 3.09. The number of nitrogens with two attached hydrogens (primary N) is 1. The van der Waals surface area contributed by atoms with Gasteiger partial charge < -0.3 is 5.73 Å².